The SMILES string of the molecule is [CH2-]N1C2COCC23C2C4OC42C13. The molecule has 5 rings (SSSR count). The van der Waals surface area contributed by atoms with Crippen LogP contribution in [0.1, 0.15) is 0 Å². The normalized spacial score (nSPS) is 80.8. The number of nitrogens with zero attached hydrogens (tertiary/aromatic N) is 1. The van der Waals surface area contributed by atoms with Crippen LogP contribution in [0, 0.1) is 18.4 Å². The van der Waals surface area contributed by atoms with Gasteiger partial charge in [-0.1, -0.05) is 0 Å². The number of hydrogen-bond acceptors (Lipinski definition) is 3. The third kappa shape index (κ3) is 0.249. The highest BCUT2D eigenvalue weighted by Gasteiger charge is 3.04. The van der Waals surface area contributed by atoms with Gasteiger partial charge >= 0.3 is 0 Å². The van der Waals surface area contributed by atoms with Gasteiger partial charge in [-0.25, -0.2) is 0 Å². The Bertz CT molecular complexity index is 320. The molecule has 3 aliphatic heterocycles. The van der Waals surface area contributed by atoms with Crippen molar-refractivity contribution in [3.63, 3.8) is 0 Å². The van der Waals surface area contributed by atoms with Crippen LogP contribution in [0.15, 0.2) is 0 Å². The molecule has 3 heterocycles. The lowest BCUT2D eigenvalue weighted by atomic mass is 9.52. The smallest absolute Gasteiger partial charge is 0.115 e. The average Bonchev–Trinajstić information content (AvgIpc) is 2.77. The standard InChI is InChI=1S/C9H10NO2/c1-10-4-2-11-3-8(4)5-6-9(5,12-6)7(8)10/h4-7H,1-3H2/q-1. The summed E-state index contributed by atoms with van der Waals surface area (Å²) in [6, 6.07) is 1.24. The number of epoxide rings is 1. The van der Waals surface area contributed by atoms with Crippen LogP contribution in [0.3, 0.4) is 0 Å². The summed E-state index contributed by atoms with van der Waals surface area (Å²) in [6.07, 6.45) is 0.610. The minimum absolute atomic E-state index is 0.311. The van der Waals surface area contributed by atoms with Gasteiger partial charge in [0.2, 0.25) is 0 Å². The summed E-state index contributed by atoms with van der Waals surface area (Å²) in [7, 11) is 4.09. The molecular formula is C9H10NO2-. The molecule has 2 spiro atoms. The van der Waals surface area contributed by atoms with Gasteiger partial charge in [0, 0.05) is 23.4 Å². The Morgan fingerprint density at radius 2 is 2.42 bits per heavy atom. The Labute approximate surface area is 70.6 Å². The second kappa shape index (κ2) is 1.11. The quantitative estimate of drug-likeness (QED) is 0.361. The van der Waals surface area contributed by atoms with Crippen molar-refractivity contribution in [2.45, 2.75) is 23.8 Å². The molecule has 3 saturated heterocycles. The van der Waals surface area contributed by atoms with E-state index in [9.17, 15) is 0 Å². The molecule has 0 amide bonds. The molecule has 2 aliphatic carbocycles. The van der Waals surface area contributed by atoms with Crippen LogP contribution >= 0.6 is 0 Å². The third-order valence-electron chi connectivity index (χ3n) is 4.89. The highest BCUT2D eigenvalue weighted by molar-refractivity contribution is 5.54. The van der Waals surface area contributed by atoms with Gasteiger partial charge in [-0.15, -0.1) is 0 Å². The van der Waals surface area contributed by atoms with Crippen LogP contribution in [-0.2, 0) is 9.47 Å². The molecule has 2 saturated carbocycles. The zero-order chi connectivity index (χ0) is 7.72. The predicted octanol–water partition coefficient (Wildman–Crippen LogP) is -0.372. The van der Waals surface area contributed by atoms with E-state index < -0.39 is 0 Å². The van der Waals surface area contributed by atoms with Crippen LogP contribution in [0.2, 0.25) is 0 Å². The third-order valence-corrected chi connectivity index (χ3v) is 4.89. The first kappa shape index (κ1) is 5.58. The molecule has 64 valence electrons. The molecule has 6 unspecified atom stereocenters. The minimum Gasteiger partial charge on any atom is -0.449 e. The fraction of sp³-hybridized carbons (Fsp3) is 0.889. The molecule has 5 fully saturated rings. The molecule has 0 aromatic heterocycles. The van der Waals surface area contributed by atoms with Crippen LogP contribution in [0.4, 0.5) is 0 Å². The summed E-state index contributed by atoms with van der Waals surface area (Å²) in [5.41, 5.74) is 0.816. The maximum absolute atomic E-state index is 5.56. The van der Waals surface area contributed by atoms with Gasteiger partial charge in [0.15, 0.2) is 0 Å². The summed E-state index contributed by atoms with van der Waals surface area (Å²) in [4.78, 5) is 2.23. The Morgan fingerprint density at radius 3 is 3.25 bits per heavy atom. The van der Waals surface area contributed by atoms with E-state index in [1.54, 1.807) is 0 Å². The second-order valence-corrected chi connectivity index (χ2v) is 4.93. The lowest BCUT2D eigenvalue weighted by Gasteiger charge is -2.72. The Hall–Kier alpha value is -0.120. The van der Waals surface area contributed by atoms with E-state index in [2.05, 4.69) is 11.9 Å². The van der Waals surface area contributed by atoms with E-state index in [-0.39, 0.29) is 0 Å². The number of hydrogen-bond donors (Lipinski definition) is 0. The van der Waals surface area contributed by atoms with Gasteiger partial charge in [-0.2, -0.15) is 0 Å². The zero-order valence-corrected chi connectivity index (χ0v) is 6.69. The summed E-state index contributed by atoms with van der Waals surface area (Å²) in [6.45, 7) is 1.87. The van der Waals surface area contributed by atoms with Crippen molar-refractivity contribution in [2.24, 2.45) is 11.3 Å². The summed E-state index contributed by atoms with van der Waals surface area (Å²) in [5, 5.41) is 0. The largest absolute Gasteiger partial charge is 0.449 e. The molecule has 3 nitrogen and oxygen atoms in total. The molecule has 12 heavy (non-hydrogen) atoms. The molecule has 6 atom stereocenters. The number of likely N-dealkylation sites (tertiary alicyclic amines) is 1. The molecule has 3 heteroatoms. The maximum Gasteiger partial charge on any atom is 0.115 e. The molecule has 0 aromatic carbocycles. The van der Waals surface area contributed by atoms with Crippen molar-refractivity contribution >= 4 is 0 Å². The van der Waals surface area contributed by atoms with E-state index in [0.29, 0.717) is 29.2 Å². The topological polar surface area (TPSA) is 25.0 Å². The molecule has 0 N–H and O–H groups in total. The van der Waals surface area contributed by atoms with Crippen molar-refractivity contribution in [1.82, 2.24) is 4.90 Å². The zero-order valence-electron chi connectivity index (χ0n) is 6.69. The van der Waals surface area contributed by atoms with Crippen LogP contribution in [0.5, 0.6) is 0 Å². The number of rotatable bonds is 0. The lowest BCUT2D eigenvalue weighted by molar-refractivity contribution is -0.235. The van der Waals surface area contributed by atoms with E-state index >= 15 is 0 Å². The molecule has 0 bridgehead atoms. The van der Waals surface area contributed by atoms with Crippen molar-refractivity contribution < 1.29 is 9.47 Å². The highest BCUT2D eigenvalue weighted by Crippen LogP contribution is 2.90. The van der Waals surface area contributed by atoms with Crippen LogP contribution < -0.4 is 0 Å². The first-order chi connectivity index (χ1) is 5.83. The monoisotopic (exact) mass is 164 g/mol. The van der Waals surface area contributed by atoms with Crippen molar-refractivity contribution in [2.75, 3.05) is 13.2 Å². The fourth-order valence-corrected chi connectivity index (χ4v) is 4.42. The summed E-state index contributed by atoms with van der Waals surface area (Å²) < 4.78 is 11.1. The van der Waals surface area contributed by atoms with Gasteiger partial charge in [0.25, 0.3) is 0 Å². The maximum atomic E-state index is 5.56. The number of fused-ring (bicyclic) bond motifs is 1. The summed E-state index contributed by atoms with van der Waals surface area (Å²) >= 11 is 0. The minimum atomic E-state index is 0.311. The van der Waals surface area contributed by atoms with Crippen LogP contribution in [0.25, 0.3) is 0 Å². The average molecular weight is 164 g/mol. The first-order valence-electron chi connectivity index (χ1n) is 4.68. The highest BCUT2D eigenvalue weighted by atomic mass is 16.7. The van der Waals surface area contributed by atoms with Gasteiger partial charge in [0.05, 0.1) is 19.3 Å². The van der Waals surface area contributed by atoms with E-state index in [1.165, 1.54) is 0 Å². The fourth-order valence-electron chi connectivity index (χ4n) is 4.42. The molecule has 0 radical (unpaired) electrons. The van der Waals surface area contributed by atoms with Gasteiger partial charge in [-0.05, 0) is 0 Å². The van der Waals surface area contributed by atoms with Gasteiger partial charge in [0.1, 0.15) is 5.60 Å². The van der Waals surface area contributed by atoms with Crippen molar-refractivity contribution in [3.8, 4) is 0 Å². The molecule has 0 aromatic rings. The van der Waals surface area contributed by atoms with Gasteiger partial charge in [-0.3, -0.25) is 7.05 Å². The van der Waals surface area contributed by atoms with E-state index in [1.807, 2.05) is 0 Å². The Morgan fingerprint density at radius 1 is 1.50 bits per heavy atom. The van der Waals surface area contributed by atoms with Crippen LogP contribution in [-0.4, -0.2) is 41.9 Å². The Balaban J connectivity index is 1.70. The number of ether oxygens (including phenoxy) is 2. The first-order valence-corrected chi connectivity index (χ1v) is 4.68. The van der Waals surface area contributed by atoms with Crippen molar-refractivity contribution in [3.05, 3.63) is 7.05 Å². The number of piperidine rings is 1. The Kier molecular flexibility index (Phi) is 0.518. The lowest BCUT2D eigenvalue weighted by Crippen LogP contribution is -2.81. The van der Waals surface area contributed by atoms with E-state index in [0.717, 1.165) is 19.1 Å². The molecular weight excluding hydrogens is 154 g/mol. The van der Waals surface area contributed by atoms with Crippen molar-refractivity contribution in [1.29, 1.82) is 0 Å². The summed E-state index contributed by atoms with van der Waals surface area (Å²) in [5.74, 6) is 0.862. The molecule has 5 aliphatic rings. The second-order valence-electron chi connectivity index (χ2n) is 4.93. The van der Waals surface area contributed by atoms with E-state index in [4.69, 9.17) is 9.47 Å². The van der Waals surface area contributed by atoms with Gasteiger partial charge < -0.3 is 14.4 Å². The predicted molar refractivity (Wildman–Crippen MR) is 39.1 cm³/mol.